The zero-order valence-corrected chi connectivity index (χ0v) is 12.9. The largest absolute Gasteiger partial charge is 0.388 e. The Bertz CT molecular complexity index is 487. The van der Waals surface area contributed by atoms with Crippen LogP contribution in [-0.2, 0) is 0 Å². The topological polar surface area (TPSA) is 35.6 Å². The number of aryl methyl sites for hydroxylation is 1. The Labute approximate surface area is 121 Å². The lowest BCUT2D eigenvalue weighted by atomic mass is 10.0. The number of nitrogens with zero attached hydrogens (tertiary/aromatic N) is 2. The molecule has 1 aliphatic heterocycles. The van der Waals surface area contributed by atoms with Crippen LogP contribution in [0.15, 0.2) is 18.2 Å². The maximum Gasteiger partial charge on any atom is 0.254 e. The molecule has 1 saturated heterocycles. The van der Waals surface area contributed by atoms with Gasteiger partial charge in [-0.1, -0.05) is 0 Å². The summed E-state index contributed by atoms with van der Waals surface area (Å²) in [6.45, 7) is 4.10. The highest BCUT2D eigenvalue weighted by molar-refractivity contribution is 5.96. The summed E-state index contributed by atoms with van der Waals surface area (Å²) in [4.78, 5) is 16.9. The normalized spacial score (nSPS) is 19.7. The third-order valence-corrected chi connectivity index (χ3v) is 4.21. The van der Waals surface area contributed by atoms with E-state index in [1.807, 2.05) is 44.1 Å². The first kappa shape index (κ1) is 14.9. The van der Waals surface area contributed by atoms with E-state index in [9.17, 15) is 4.79 Å². The fourth-order valence-electron chi connectivity index (χ4n) is 2.87. The number of amides is 1. The number of nitrogens with one attached hydrogen (secondary N) is 1. The number of rotatable bonds is 3. The molecule has 1 fully saturated rings. The first-order valence-corrected chi connectivity index (χ1v) is 7.27. The van der Waals surface area contributed by atoms with Gasteiger partial charge >= 0.3 is 0 Å². The van der Waals surface area contributed by atoms with Crippen LogP contribution in [0.3, 0.4) is 0 Å². The highest BCUT2D eigenvalue weighted by Crippen LogP contribution is 2.20. The van der Waals surface area contributed by atoms with E-state index >= 15 is 0 Å². The lowest BCUT2D eigenvalue weighted by Crippen LogP contribution is -2.47. The molecule has 2 rings (SSSR count). The molecular formula is C16H25N3O. The second-order valence-electron chi connectivity index (χ2n) is 5.75. The lowest BCUT2D eigenvalue weighted by Gasteiger charge is -2.36. The summed E-state index contributed by atoms with van der Waals surface area (Å²) in [6.07, 6.45) is 2.26. The zero-order chi connectivity index (χ0) is 14.7. The van der Waals surface area contributed by atoms with Gasteiger partial charge in [0.15, 0.2) is 0 Å². The summed E-state index contributed by atoms with van der Waals surface area (Å²) in [5.74, 6) is 0.130. The summed E-state index contributed by atoms with van der Waals surface area (Å²) in [7, 11) is 5.94. The number of hydrogen-bond acceptors (Lipinski definition) is 3. The molecule has 20 heavy (non-hydrogen) atoms. The molecule has 4 heteroatoms. The van der Waals surface area contributed by atoms with Gasteiger partial charge in [-0.2, -0.15) is 0 Å². The SMILES string of the molecule is CNc1ccc(C(=O)N(C)C2CCCN(C)C2)c(C)c1. The highest BCUT2D eigenvalue weighted by atomic mass is 16.2. The molecule has 0 saturated carbocycles. The van der Waals surface area contributed by atoms with Crippen LogP contribution >= 0.6 is 0 Å². The van der Waals surface area contributed by atoms with Crippen molar-refractivity contribution in [2.75, 3.05) is 39.5 Å². The van der Waals surface area contributed by atoms with E-state index in [1.54, 1.807) is 0 Å². The Morgan fingerprint density at radius 1 is 1.45 bits per heavy atom. The first-order chi connectivity index (χ1) is 9.52. The molecule has 0 aliphatic carbocycles. The van der Waals surface area contributed by atoms with Gasteiger partial charge in [-0.15, -0.1) is 0 Å². The van der Waals surface area contributed by atoms with Gasteiger partial charge in [-0.05, 0) is 57.1 Å². The zero-order valence-electron chi connectivity index (χ0n) is 12.9. The third-order valence-electron chi connectivity index (χ3n) is 4.21. The van der Waals surface area contributed by atoms with Crippen molar-refractivity contribution < 1.29 is 4.79 Å². The maximum atomic E-state index is 12.7. The highest BCUT2D eigenvalue weighted by Gasteiger charge is 2.25. The van der Waals surface area contributed by atoms with Gasteiger partial charge in [-0.3, -0.25) is 4.79 Å². The van der Waals surface area contributed by atoms with Gasteiger partial charge < -0.3 is 15.1 Å². The van der Waals surface area contributed by atoms with Crippen LogP contribution in [0.2, 0.25) is 0 Å². The van der Waals surface area contributed by atoms with E-state index in [0.717, 1.165) is 42.7 Å². The molecule has 0 spiro atoms. The molecule has 1 amide bonds. The summed E-state index contributed by atoms with van der Waals surface area (Å²) >= 11 is 0. The van der Waals surface area contributed by atoms with Crippen molar-refractivity contribution in [1.82, 2.24) is 9.80 Å². The Balaban J connectivity index is 2.13. The summed E-state index contributed by atoms with van der Waals surface area (Å²) in [5, 5.41) is 3.10. The van der Waals surface area contributed by atoms with Crippen LogP contribution in [0.25, 0.3) is 0 Å². The summed E-state index contributed by atoms with van der Waals surface area (Å²) < 4.78 is 0. The summed E-state index contributed by atoms with van der Waals surface area (Å²) in [6, 6.07) is 6.23. The van der Waals surface area contributed by atoms with Crippen LogP contribution in [0, 0.1) is 6.92 Å². The fraction of sp³-hybridized carbons (Fsp3) is 0.562. The van der Waals surface area contributed by atoms with Gasteiger partial charge in [0.25, 0.3) is 5.91 Å². The van der Waals surface area contributed by atoms with E-state index in [1.165, 1.54) is 0 Å². The standard InChI is InChI=1S/C16H25N3O/c1-12-10-13(17-2)7-8-15(12)16(20)19(4)14-6-5-9-18(3)11-14/h7-8,10,14,17H,5-6,9,11H2,1-4H3. The van der Waals surface area contributed by atoms with Crippen molar-refractivity contribution in [3.8, 4) is 0 Å². The Morgan fingerprint density at radius 2 is 2.20 bits per heavy atom. The van der Waals surface area contributed by atoms with E-state index in [4.69, 9.17) is 0 Å². The van der Waals surface area contributed by atoms with Crippen molar-refractivity contribution in [1.29, 1.82) is 0 Å². The van der Waals surface area contributed by atoms with Gasteiger partial charge in [0.05, 0.1) is 0 Å². The molecule has 1 N–H and O–H groups in total. The second-order valence-corrected chi connectivity index (χ2v) is 5.75. The third kappa shape index (κ3) is 3.12. The van der Waals surface area contributed by atoms with Crippen molar-refractivity contribution in [2.24, 2.45) is 0 Å². The van der Waals surface area contributed by atoms with Crippen LogP contribution in [-0.4, -0.2) is 56.0 Å². The van der Waals surface area contributed by atoms with Crippen molar-refractivity contribution in [2.45, 2.75) is 25.8 Å². The Morgan fingerprint density at radius 3 is 2.80 bits per heavy atom. The minimum atomic E-state index is 0.130. The quantitative estimate of drug-likeness (QED) is 0.918. The molecular weight excluding hydrogens is 250 g/mol. The van der Waals surface area contributed by atoms with Crippen LogP contribution < -0.4 is 5.32 Å². The molecule has 1 unspecified atom stereocenters. The number of likely N-dealkylation sites (tertiary alicyclic amines) is 1. The fourth-order valence-corrected chi connectivity index (χ4v) is 2.87. The molecule has 0 radical (unpaired) electrons. The van der Waals surface area contributed by atoms with Crippen molar-refractivity contribution in [3.05, 3.63) is 29.3 Å². The Hall–Kier alpha value is -1.55. The van der Waals surface area contributed by atoms with Crippen molar-refractivity contribution >= 4 is 11.6 Å². The monoisotopic (exact) mass is 275 g/mol. The number of anilines is 1. The maximum absolute atomic E-state index is 12.7. The van der Waals surface area contributed by atoms with Gasteiger partial charge in [0.2, 0.25) is 0 Å². The predicted molar refractivity (Wildman–Crippen MR) is 83.3 cm³/mol. The van der Waals surface area contributed by atoms with E-state index in [0.29, 0.717) is 6.04 Å². The van der Waals surface area contributed by atoms with Gasteiger partial charge in [-0.25, -0.2) is 0 Å². The van der Waals surface area contributed by atoms with E-state index < -0.39 is 0 Å². The second kappa shape index (κ2) is 6.27. The smallest absolute Gasteiger partial charge is 0.254 e. The van der Waals surface area contributed by atoms with E-state index in [2.05, 4.69) is 17.3 Å². The number of piperidine rings is 1. The molecule has 4 nitrogen and oxygen atoms in total. The number of likely N-dealkylation sites (N-methyl/N-ethyl adjacent to an activating group) is 2. The summed E-state index contributed by atoms with van der Waals surface area (Å²) in [5.41, 5.74) is 2.87. The molecule has 0 aromatic heterocycles. The van der Waals surface area contributed by atoms with Crippen LogP contribution in [0.4, 0.5) is 5.69 Å². The molecule has 1 aromatic rings. The minimum absolute atomic E-state index is 0.130. The minimum Gasteiger partial charge on any atom is -0.388 e. The molecule has 1 atom stereocenters. The number of hydrogen-bond donors (Lipinski definition) is 1. The Kier molecular flexibility index (Phi) is 4.65. The number of carbonyl (C=O) groups is 1. The van der Waals surface area contributed by atoms with Crippen LogP contribution in [0.1, 0.15) is 28.8 Å². The van der Waals surface area contributed by atoms with Crippen molar-refractivity contribution in [3.63, 3.8) is 0 Å². The molecule has 110 valence electrons. The number of benzene rings is 1. The first-order valence-electron chi connectivity index (χ1n) is 7.27. The molecule has 0 bridgehead atoms. The van der Waals surface area contributed by atoms with Crippen LogP contribution in [0.5, 0.6) is 0 Å². The average molecular weight is 275 g/mol. The molecule has 1 aromatic carbocycles. The van der Waals surface area contributed by atoms with E-state index in [-0.39, 0.29) is 5.91 Å². The van der Waals surface area contributed by atoms with Gasteiger partial charge in [0.1, 0.15) is 0 Å². The lowest BCUT2D eigenvalue weighted by molar-refractivity contribution is 0.0643. The molecule has 1 heterocycles. The average Bonchev–Trinajstić information content (AvgIpc) is 2.45. The molecule has 1 aliphatic rings. The number of carbonyl (C=O) groups excluding carboxylic acids is 1. The van der Waals surface area contributed by atoms with Gasteiger partial charge in [0, 0.05) is 37.9 Å². The predicted octanol–water partition coefficient (Wildman–Crippen LogP) is 2.20.